The summed E-state index contributed by atoms with van der Waals surface area (Å²) in [4.78, 5) is 7.89. The molecule has 0 bridgehead atoms. The lowest BCUT2D eigenvalue weighted by Crippen LogP contribution is -2.02. The van der Waals surface area contributed by atoms with Crippen molar-refractivity contribution in [2.24, 2.45) is 0 Å². The Morgan fingerprint density at radius 3 is 2.75 bits per heavy atom. The molecule has 1 aromatic heterocycles. The second kappa shape index (κ2) is 4.19. The Kier molecular flexibility index (Phi) is 2.91. The summed E-state index contributed by atoms with van der Waals surface area (Å²) in [5, 5.41) is 2.83. The lowest BCUT2D eigenvalue weighted by atomic mass is 10.6. The van der Waals surface area contributed by atoms with E-state index in [-0.39, 0.29) is 0 Å². The first-order valence-corrected chi connectivity index (χ1v) is 3.40. The zero-order valence-electron chi connectivity index (χ0n) is 6.74. The lowest BCUT2D eigenvalue weighted by molar-refractivity contribution is 0.411. The molecule has 0 spiro atoms. The van der Waals surface area contributed by atoms with Gasteiger partial charge in [0.05, 0.1) is 26.0 Å². The molecule has 0 amide bonds. The number of methoxy groups -OCH3 is 1. The van der Waals surface area contributed by atoms with Crippen molar-refractivity contribution in [3.8, 4) is 18.1 Å². The van der Waals surface area contributed by atoms with Crippen molar-refractivity contribution in [1.29, 1.82) is 0 Å². The number of anilines is 1. The molecule has 0 unspecified atom stereocenters. The zero-order valence-corrected chi connectivity index (χ0v) is 6.74. The van der Waals surface area contributed by atoms with Gasteiger partial charge in [-0.25, -0.2) is 9.97 Å². The van der Waals surface area contributed by atoms with Crippen molar-refractivity contribution in [3.05, 3.63) is 12.4 Å². The maximum Gasteiger partial charge on any atom is 0.223 e. The predicted molar refractivity (Wildman–Crippen MR) is 45.9 cm³/mol. The lowest BCUT2D eigenvalue weighted by Gasteiger charge is -2.00. The Morgan fingerprint density at radius 2 is 2.25 bits per heavy atom. The van der Waals surface area contributed by atoms with E-state index in [0.717, 1.165) is 0 Å². The average molecular weight is 163 g/mol. The summed E-state index contributed by atoms with van der Waals surface area (Å²) in [7, 11) is 1.56. The zero-order chi connectivity index (χ0) is 8.81. The molecule has 1 N–H and O–H groups in total. The largest absolute Gasteiger partial charge is 0.494 e. The van der Waals surface area contributed by atoms with Gasteiger partial charge in [-0.3, -0.25) is 0 Å². The third-order valence-corrected chi connectivity index (χ3v) is 1.21. The van der Waals surface area contributed by atoms with Gasteiger partial charge in [-0.15, -0.1) is 6.42 Å². The quantitative estimate of drug-likeness (QED) is 0.660. The molecule has 0 aliphatic rings. The van der Waals surface area contributed by atoms with Gasteiger partial charge >= 0.3 is 0 Å². The van der Waals surface area contributed by atoms with Gasteiger partial charge < -0.3 is 10.1 Å². The number of hydrogen-bond acceptors (Lipinski definition) is 4. The minimum absolute atomic E-state index is 0.423. The molecule has 0 saturated carbocycles. The van der Waals surface area contributed by atoms with Crippen LogP contribution < -0.4 is 10.1 Å². The number of ether oxygens (including phenoxy) is 1. The van der Waals surface area contributed by atoms with Crippen LogP contribution in [0.4, 0.5) is 5.95 Å². The SMILES string of the molecule is C#CCNc1ncc(OC)cn1. The number of nitrogens with zero attached hydrogens (tertiary/aromatic N) is 2. The van der Waals surface area contributed by atoms with Crippen molar-refractivity contribution in [2.75, 3.05) is 19.0 Å². The van der Waals surface area contributed by atoms with Crippen molar-refractivity contribution in [3.63, 3.8) is 0 Å². The molecule has 4 heteroatoms. The summed E-state index contributed by atoms with van der Waals surface area (Å²) in [5.74, 6) is 3.56. The molecule has 1 aromatic rings. The van der Waals surface area contributed by atoms with E-state index in [4.69, 9.17) is 11.2 Å². The summed E-state index contributed by atoms with van der Waals surface area (Å²) < 4.78 is 4.88. The van der Waals surface area contributed by atoms with Crippen LogP contribution in [0.1, 0.15) is 0 Å². The van der Waals surface area contributed by atoms with E-state index >= 15 is 0 Å². The fourth-order valence-electron chi connectivity index (χ4n) is 0.643. The minimum Gasteiger partial charge on any atom is -0.494 e. The van der Waals surface area contributed by atoms with E-state index in [1.807, 2.05) is 0 Å². The molecule has 1 heterocycles. The normalized spacial score (nSPS) is 8.67. The van der Waals surface area contributed by atoms with Gasteiger partial charge in [-0.05, 0) is 0 Å². The topological polar surface area (TPSA) is 47.0 Å². The molecule has 0 radical (unpaired) electrons. The number of hydrogen-bond donors (Lipinski definition) is 1. The number of terminal acetylenes is 1. The molecular formula is C8H9N3O. The van der Waals surface area contributed by atoms with Gasteiger partial charge in [0, 0.05) is 0 Å². The van der Waals surface area contributed by atoms with Crippen LogP contribution in [0.15, 0.2) is 12.4 Å². The van der Waals surface area contributed by atoms with Gasteiger partial charge in [0.15, 0.2) is 5.75 Å². The molecule has 0 aliphatic carbocycles. The molecule has 1 rings (SSSR count). The molecule has 12 heavy (non-hydrogen) atoms. The van der Waals surface area contributed by atoms with Crippen LogP contribution in [0.25, 0.3) is 0 Å². The van der Waals surface area contributed by atoms with E-state index in [0.29, 0.717) is 18.2 Å². The third kappa shape index (κ3) is 2.13. The molecule has 0 fully saturated rings. The summed E-state index contributed by atoms with van der Waals surface area (Å²) >= 11 is 0. The van der Waals surface area contributed by atoms with Gasteiger partial charge in [0.25, 0.3) is 0 Å². The molecule has 0 aromatic carbocycles. The summed E-state index contributed by atoms with van der Waals surface area (Å²) in [6, 6.07) is 0. The Morgan fingerprint density at radius 1 is 1.58 bits per heavy atom. The minimum atomic E-state index is 0.423. The van der Waals surface area contributed by atoms with Crippen LogP contribution in [0.5, 0.6) is 5.75 Å². The fourth-order valence-corrected chi connectivity index (χ4v) is 0.643. The average Bonchev–Trinajstić information content (AvgIpc) is 2.15. The monoisotopic (exact) mass is 163 g/mol. The van der Waals surface area contributed by atoms with Crippen LogP contribution in [-0.4, -0.2) is 23.6 Å². The second-order valence-corrected chi connectivity index (χ2v) is 2.00. The molecule has 0 aliphatic heterocycles. The smallest absolute Gasteiger partial charge is 0.223 e. The van der Waals surface area contributed by atoms with Crippen LogP contribution in [0.2, 0.25) is 0 Å². The first kappa shape index (κ1) is 8.34. The second-order valence-electron chi connectivity index (χ2n) is 2.00. The first-order chi connectivity index (χ1) is 5.86. The summed E-state index contributed by atoms with van der Waals surface area (Å²) in [5.41, 5.74) is 0. The van der Waals surface area contributed by atoms with Gasteiger partial charge in [-0.2, -0.15) is 0 Å². The van der Waals surface area contributed by atoms with Gasteiger partial charge in [-0.1, -0.05) is 5.92 Å². The van der Waals surface area contributed by atoms with E-state index < -0.39 is 0 Å². The Balaban J connectivity index is 2.60. The van der Waals surface area contributed by atoms with Crippen molar-refractivity contribution < 1.29 is 4.74 Å². The molecular weight excluding hydrogens is 154 g/mol. The Labute approximate surface area is 71.0 Å². The van der Waals surface area contributed by atoms with E-state index in [1.165, 1.54) is 0 Å². The predicted octanol–water partition coefficient (Wildman–Crippen LogP) is 0.530. The Hall–Kier alpha value is -1.76. The maximum atomic E-state index is 5.04. The highest BCUT2D eigenvalue weighted by Gasteiger charge is 1.93. The number of rotatable bonds is 3. The van der Waals surface area contributed by atoms with Crippen LogP contribution in [0.3, 0.4) is 0 Å². The first-order valence-electron chi connectivity index (χ1n) is 3.40. The molecule has 62 valence electrons. The highest BCUT2D eigenvalue weighted by atomic mass is 16.5. The van der Waals surface area contributed by atoms with Crippen LogP contribution in [0, 0.1) is 12.3 Å². The molecule has 0 atom stereocenters. The highest BCUT2D eigenvalue weighted by molar-refractivity contribution is 5.28. The van der Waals surface area contributed by atoms with Crippen molar-refractivity contribution >= 4 is 5.95 Å². The third-order valence-electron chi connectivity index (χ3n) is 1.21. The molecule has 4 nitrogen and oxygen atoms in total. The Bertz CT molecular complexity index is 275. The van der Waals surface area contributed by atoms with Gasteiger partial charge in [0.1, 0.15) is 0 Å². The van der Waals surface area contributed by atoms with Crippen LogP contribution >= 0.6 is 0 Å². The summed E-state index contributed by atoms with van der Waals surface area (Å²) in [6.07, 6.45) is 8.19. The standard InChI is InChI=1S/C8H9N3O/c1-3-4-9-8-10-5-7(12-2)6-11-8/h1,5-6H,4H2,2H3,(H,9,10,11). The van der Waals surface area contributed by atoms with Crippen LogP contribution in [-0.2, 0) is 0 Å². The van der Waals surface area contributed by atoms with E-state index in [9.17, 15) is 0 Å². The maximum absolute atomic E-state index is 5.04. The number of nitrogens with one attached hydrogen (secondary N) is 1. The number of aromatic nitrogens is 2. The van der Waals surface area contributed by atoms with Gasteiger partial charge in [0.2, 0.25) is 5.95 Å². The van der Waals surface area contributed by atoms with E-state index in [2.05, 4.69) is 21.2 Å². The van der Waals surface area contributed by atoms with Crippen molar-refractivity contribution in [2.45, 2.75) is 0 Å². The highest BCUT2D eigenvalue weighted by Crippen LogP contribution is 2.06. The van der Waals surface area contributed by atoms with E-state index in [1.54, 1.807) is 19.5 Å². The summed E-state index contributed by atoms with van der Waals surface area (Å²) in [6.45, 7) is 0.423. The fraction of sp³-hybridized carbons (Fsp3) is 0.250. The van der Waals surface area contributed by atoms with Crippen molar-refractivity contribution in [1.82, 2.24) is 9.97 Å². The molecule has 0 saturated heterocycles.